The van der Waals surface area contributed by atoms with Gasteiger partial charge in [0, 0.05) is 6.20 Å². The van der Waals surface area contributed by atoms with E-state index in [1.54, 1.807) is 0 Å². The molecular weight excluding hydrogens is 292 g/mol. The predicted molar refractivity (Wildman–Crippen MR) is 63.5 cm³/mol. The maximum atomic E-state index is 11.7. The molecule has 2 heterocycles. The lowest BCUT2D eigenvalue weighted by molar-refractivity contribution is -0.711. The molecule has 5 N–H and O–H groups in total. The summed E-state index contributed by atoms with van der Waals surface area (Å²) in [5.74, 6) is -1.04. The van der Waals surface area contributed by atoms with E-state index >= 15 is 0 Å². The Labute approximate surface area is 116 Å². The molecule has 1 aromatic rings. The Morgan fingerprint density at radius 3 is 2.71 bits per heavy atom. The van der Waals surface area contributed by atoms with Crippen molar-refractivity contribution in [2.24, 2.45) is 0 Å². The second-order valence-corrected chi connectivity index (χ2v) is 4.22. The minimum Gasteiger partial charge on any atom is -0.394 e. The average Bonchev–Trinajstić information content (AvgIpc) is 2.69. The van der Waals surface area contributed by atoms with Crippen LogP contribution in [0.15, 0.2) is 11.0 Å². The SMILES string of the molecule is Nc1nc(=O)n(C2O[C@H](CO)[C@@H](O)[C@H]2O)cc1O[N+](=O)[O-]. The molecule has 12 heteroatoms. The van der Waals surface area contributed by atoms with Gasteiger partial charge in [-0.25, -0.2) is 4.79 Å². The summed E-state index contributed by atoms with van der Waals surface area (Å²) in [5, 5.41) is 37.5. The van der Waals surface area contributed by atoms with Crippen molar-refractivity contribution >= 4 is 5.82 Å². The van der Waals surface area contributed by atoms with Crippen LogP contribution >= 0.6 is 0 Å². The molecule has 0 radical (unpaired) electrons. The fourth-order valence-electron chi connectivity index (χ4n) is 1.91. The standard InChI is InChI=1S/C9H12N4O8/c10-7-3(21-13(18)19)1-12(9(17)11-7)8-6(16)5(15)4(2-14)20-8/h1,4-6,8,14-16H,2H2,(H2,10,11,17)/t4-,5-,6-,8?/m1/s1. The number of hydrogen-bond donors (Lipinski definition) is 4. The molecule has 0 spiro atoms. The van der Waals surface area contributed by atoms with Gasteiger partial charge in [-0.05, 0) is 0 Å². The third kappa shape index (κ3) is 2.78. The van der Waals surface area contributed by atoms with Crippen molar-refractivity contribution in [3.63, 3.8) is 0 Å². The van der Waals surface area contributed by atoms with Crippen molar-refractivity contribution in [2.75, 3.05) is 12.3 Å². The molecule has 1 unspecified atom stereocenters. The number of aliphatic hydroxyl groups is 3. The number of aliphatic hydroxyl groups excluding tert-OH is 3. The van der Waals surface area contributed by atoms with Gasteiger partial charge in [0.1, 0.15) is 18.3 Å². The zero-order valence-corrected chi connectivity index (χ0v) is 10.4. The minimum absolute atomic E-state index is 0.514. The zero-order valence-electron chi connectivity index (χ0n) is 10.4. The topological polar surface area (TPSA) is 183 Å². The van der Waals surface area contributed by atoms with E-state index in [9.17, 15) is 25.1 Å². The maximum absolute atomic E-state index is 11.7. The molecule has 21 heavy (non-hydrogen) atoms. The van der Waals surface area contributed by atoms with Gasteiger partial charge in [-0.15, -0.1) is 10.1 Å². The van der Waals surface area contributed by atoms with Crippen molar-refractivity contribution in [1.29, 1.82) is 0 Å². The first-order valence-corrected chi connectivity index (χ1v) is 5.68. The summed E-state index contributed by atoms with van der Waals surface area (Å²) in [5.41, 5.74) is 4.33. The van der Waals surface area contributed by atoms with Crippen LogP contribution < -0.4 is 16.3 Å². The molecule has 0 aliphatic carbocycles. The Hall–Kier alpha value is -2.28. The predicted octanol–water partition coefficient (Wildman–Crippen LogP) is -2.99. The van der Waals surface area contributed by atoms with Crippen molar-refractivity contribution < 1.29 is 30.0 Å². The molecule has 1 aliphatic heterocycles. The molecule has 116 valence electrons. The smallest absolute Gasteiger partial charge is 0.351 e. The Morgan fingerprint density at radius 2 is 2.19 bits per heavy atom. The van der Waals surface area contributed by atoms with Gasteiger partial charge in [0.25, 0.3) is 5.09 Å². The molecule has 12 nitrogen and oxygen atoms in total. The average molecular weight is 304 g/mol. The number of nitrogens with two attached hydrogens (primary N) is 1. The molecule has 2 rings (SSSR count). The van der Waals surface area contributed by atoms with E-state index in [-0.39, 0.29) is 0 Å². The van der Waals surface area contributed by atoms with Gasteiger partial charge in [-0.1, -0.05) is 0 Å². The molecule has 0 bridgehead atoms. The normalized spacial score (nSPS) is 28.5. The number of hydrogen-bond acceptors (Lipinski definition) is 10. The van der Waals surface area contributed by atoms with Crippen LogP contribution in [-0.2, 0) is 4.74 Å². The van der Waals surface area contributed by atoms with Crippen LogP contribution in [0.4, 0.5) is 5.82 Å². The molecule has 1 fully saturated rings. The third-order valence-electron chi connectivity index (χ3n) is 2.91. The van der Waals surface area contributed by atoms with Crippen LogP contribution in [0.5, 0.6) is 5.75 Å². The molecule has 0 aromatic carbocycles. The van der Waals surface area contributed by atoms with Gasteiger partial charge in [0.15, 0.2) is 17.8 Å². The van der Waals surface area contributed by atoms with Gasteiger partial charge >= 0.3 is 5.69 Å². The van der Waals surface area contributed by atoms with E-state index in [0.717, 1.165) is 6.20 Å². The second-order valence-electron chi connectivity index (χ2n) is 4.22. The first-order valence-electron chi connectivity index (χ1n) is 5.68. The minimum atomic E-state index is -1.55. The van der Waals surface area contributed by atoms with Crippen LogP contribution in [0, 0.1) is 10.1 Å². The number of nitrogen functional groups attached to an aromatic ring is 1. The van der Waals surface area contributed by atoms with Crippen LogP contribution in [0.1, 0.15) is 6.23 Å². The maximum Gasteiger partial charge on any atom is 0.351 e. The first-order chi connectivity index (χ1) is 9.85. The molecule has 1 aliphatic rings. The lowest BCUT2D eigenvalue weighted by Gasteiger charge is -2.18. The molecule has 4 atom stereocenters. The summed E-state index contributed by atoms with van der Waals surface area (Å²) in [6.45, 7) is -0.593. The molecule has 1 saturated heterocycles. The van der Waals surface area contributed by atoms with E-state index < -0.39 is 53.5 Å². The van der Waals surface area contributed by atoms with Crippen LogP contribution in [-0.4, -0.2) is 54.9 Å². The van der Waals surface area contributed by atoms with Gasteiger partial charge < -0.3 is 25.8 Å². The second kappa shape index (κ2) is 5.61. The summed E-state index contributed by atoms with van der Waals surface area (Å²) < 4.78 is 5.79. The van der Waals surface area contributed by atoms with Gasteiger partial charge in [-0.3, -0.25) is 9.40 Å². The molecule has 0 amide bonds. The van der Waals surface area contributed by atoms with E-state index in [1.807, 2.05) is 0 Å². The fourth-order valence-corrected chi connectivity index (χ4v) is 1.91. The van der Waals surface area contributed by atoms with E-state index in [2.05, 4.69) is 9.82 Å². The monoisotopic (exact) mass is 304 g/mol. The van der Waals surface area contributed by atoms with Crippen molar-refractivity contribution in [3.05, 3.63) is 26.8 Å². The molecular formula is C9H12N4O8. The number of nitrogens with zero attached hydrogens (tertiary/aromatic N) is 3. The Kier molecular flexibility index (Phi) is 4.04. The summed E-state index contributed by atoms with van der Waals surface area (Å²) in [7, 11) is 0. The van der Waals surface area contributed by atoms with Crippen molar-refractivity contribution in [1.82, 2.24) is 9.55 Å². The zero-order chi connectivity index (χ0) is 15.7. The first kappa shape index (κ1) is 15.1. The van der Waals surface area contributed by atoms with E-state index in [1.165, 1.54) is 0 Å². The molecule has 1 aromatic heterocycles. The highest BCUT2D eigenvalue weighted by Crippen LogP contribution is 2.29. The lowest BCUT2D eigenvalue weighted by Crippen LogP contribution is -2.36. The number of ether oxygens (including phenoxy) is 1. The highest BCUT2D eigenvalue weighted by molar-refractivity contribution is 5.42. The Morgan fingerprint density at radius 1 is 1.52 bits per heavy atom. The van der Waals surface area contributed by atoms with Crippen molar-refractivity contribution in [2.45, 2.75) is 24.5 Å². The summed E-state index contributed by atoms with van der Waals surface area (Å²) in [6, 6.07) is 0. The Balaban J connectivity index is 2.40. The van der Waals surface area contributed by atoms with Gasteiger partial charge in [0.05, 0.1) is 6.61 Å². The van der Waals surface area contributed by atoms with Crippen LogP contribution in [0.25, 0.3) is 0 Å². The lowest BCUT2D eigenvalue weighted by atomic mass is 10.1. The largest absolute Gasteiger partial charge is 0.394 e. The van der Waals surface area contributed by atoms with Gasteiger partial charge in [0.2, 0.25) is 0 Å². The Bertz CT molecular complexity index is 604. The third-order valence-corrected chi connectivity index (χ3v) is 2.91. The fraction of sp³-hybridized carbons (Fsp3) is 0.556. The van der Waals surface area contributed by atoms with Crippen LogP contribution in [0.2, 0.25) is 0 Å². The number of aromatic nitrogens is 2. The summed E-state index contributed by atoms with van der Waals surface area (Å²) in [6.07, 6.45) is -4.67. The summed E-state index contributed by atoms with van der Waals surface area (Å²) in [4.78, 5) is 29.5. The highest BCUT2D eigenvalue weighted by atomic mass is 17.0. The quantitative estimate of drug-likeness (QED) is 0.330. The van der Waals surface area contributed by atoms with Gasteiger partial charge in [-0.2, -0.15) is 4.98 Å². The highest BCUT2D eigenvalue weighted by Gasteiger charge is 2.44. The molecule has 0 saturated carbocycles. The van der Waals surface area contributed by atoms with Crippen molar-refractivity contribution in [3.8, 4) is 5.75 Å². The number of anilines is 1. The van der Waals surface area contributed by atoms with E-state index in [4.69, 9.17) is 15.6 Å². The summed E-state index contributed by atoms with van der Waals surface area (Å²) >= 11 is 0. The number of rotatable bonds is 4. The van der Waals surface area contributed by atoms with E-state index in [0.29, 0.717) is 4.57 Å². The van der Waals surface area contributed by atoms with Crippen LogP contribution in [0.3, 0.4) is 0 Å².